The van der Waals surface area contributed by atoms with Crippen molar-refractivity contribution < 1.29 is 13.2 Å². The number of aryl methyl sites for hydroxylation is 1. The van der Waals surface area contributed by atoms with Crippen LogP contribution in [0.5, 0.6) is 0 Å². The monoisotopic (exact) mass is 312 g/mol. The fourth-order valence-electron chi connectivity index (χ4n) is 3.15. The maximum Gasteiger partial charge on any atom is 0.416 e. The summed E-state index contributed by atoms with van der Waals surface area (Å²) in [7, 11) is 1.70. The van der Waals surface area contributed by atoms with Gasteiger partial charge in [-0.15, -0.1) is 0 Å². The Kier molecular flexibility index (Phi) is 3.86. The Labute approximate surface area is 126 Å². The van der Waals surface area contributed by atoms with Gasteiger partial charge < -0.3 is 5.73 Å². The second-order valence-corrected chi connectivity index (χ2v) is 5.81. The van der Waals surface area contributed by atoms with Crippen LogP contribution in [0.2, 0.25) is 0 Å². The van der Waals surface area contributed by atoms with E-state index >= 15 is 0 Å². The van der Waals surface area contributed by atoms with Gasteiger partial charge in [-0.3, -0.25) is 9.58 Å². The van der Waals surface area contributed by atoms with Gasteiger partial charge in [0.2, 0.25) is 0 Å². The highest BCUT2D eigenvalue weighted by Crippen LogP contribution is 2.35. The molecule has 0 aliphatic carbocycles. The molecule has 4 nitrogen and oxygen atoms in total. The van der Waals surface area contributed by atoms with Crippen molar-refractivity contribution in [2.75, 3.05) is 19.8 Å². The van der Waals surface area contributed by atoms with Gasteiger partial charge >= 0.3 is 6.18 Å². The van der Waals surface area contributed by atoms with E-state index in [2.05, 4.69) is 10.00 Å². The third-order valence-electron chi connectivity index (χ3n) is 4.44. The number of alkyl halides is 3. The molecule has 22 heavy (non-hydrogen) atoms. The molecule has 3 rings (SSSR count). The van der Waals surface area contributed by atoms with Crippen molar-refractivity contribution in [3.05, 3.63) is 29.5 Å². The van der Waals surface area contributed by atoms with Crippen LogP contribution in [0.3, 0.4) is 0 Å². The van der Waals surface area contributed by atoms with Gasteiger partial charge in [-0.25, -0.2) is 0 Å². The van der Waals surface area contributed by atoms with Crippen LogP contribution >= 0.6 is 0 Å². The first-order valence-corrected chi connectivity index (χ1v) is 7.36. The molecule has 0 spiro atoms. The summed E-state index contributed by atoms with van der Waals surface area (Å²) in [6.45, 7) is 2.35. The molecule has 1 aromatic heterocycles. The van der Waals surface area contributed by atoms with Gasteiger partial charge in [-0.1, -0.05) is 6.07 Å². The summed E-state index contributed by atoms with van der Waals surface area (Å²) >= 11 is 0. The lowest BCUT2D eigenvalue weighted by atomic mass is 9.91. The van der Waals surface area contributed by atoms with E-state index in [4.69, 9.17) is 5.73 Å². The minimum Gasteiger partial charge on any atom is -0.318 e. The van der Waals surface area contributed by atoms with Gasteiger partial charge in [0, 0.05) is 25.0 Å². The number of piperidine rings is 1. The summed E-state index contributed by atoms with van der Waals surface area (Å²) in [4.78, 5) is 2.17. The summed E-state index contributed by atoms with van der Waals surface area (Å²) in [5.74, 6) is 0.281. The van der Waals surface area contributed by atoms with E-state index in [1.165, 1.54) is 6.07 Å². The maximum absolute atomic E-state index is 12.8. The Morgan fingerprint density at radius 1 is 1.27 bits per heavy atom. The van der Waals surface area contributed by atoms with Gasteiger partial charge in [0.15, 0.2) is 0 Å². The molecule has 0 saturated carbocycles. The molecular formula is C15H19F3N4. The molecule has 0 radical (unpaired) electrons. The normalized spacial score (nSPS) is 18.2. The summed E-state index contributed by atoms with van der Waals surface area (Å²) in [6, 6.07) is 3.87. The van der Waals surface area contributed by atoms with Crippen molar-refractivity contribution in [3.8, 4) is 0 Å². The second-order valence-electron chi connectivity index (χ2n) is 5.81. The largest absolute Gasteiger partial charge is 0.416 e. The highest BCUT2D eigenvalue weighted by Gasteiger charge is 2.32. The number of aromatic nitrogens is 2. The van der Waals surface area contributed by atoms with E-state index in [1.54, 1.807) is 17.8 Å². The smallest absolute Gasteiger partial charge is 0.318 e. The first kappa shape index (κ1) is 15.3. The van der Waals surface area contributed by atoms with E-state index < -0.39 is 11.7 Å². The topological polar surface area (TPSA) is 47.1 Å². The number of fused-ring (bicyclic) bond motifs is 1. The number of hydrogen-bond acceptors (Lipinski definition) is 3. The molecule has 1 saturated heterocycles. The standard InChI is InChI=1S/C15H19F3N4/c1-21-13-8-11(15(16,17)18)2-3-12(13)14(20-21)10-4-6-22(9-19)7-5-10/h2-3,8,10H,4-7,9,19H2,1H3. The molecule has 1 aliphatic heterocycles. The predicted molar refractivity (Wildman–Crippen MR) is 78.3 cm³/mol. The quantitative estimate of drug-likeness (QED) is 0.927. The van der Waals surface area contributed by atoms with E-state index in [9.17, 15) is 13.2 Å². The first-order valence-electron chi connectivity index (χ1n) is 7.36. The van der Waals surface area contributed by atoms with Gasteiger partial charge in [-0.2, -0.15) is 18.3 Å². The van der Waals surface area contributed by atoms with Crippen LogP contribution in [0, 0.1) is 0 Å². The highest BCUT2D eigenvalue weighted by molar-refractivity contribution is 5.83. The fourth-order valence-corrected chi connectivity index (χ4v) is 3.15. The number of nitrogens with zero attached hydrogens (tertiary/aromatic N) is 3. The van der Waals surface area contributed by atoms with E-state index in [0.29, 0.717) is 12.2 Å². The molecule has 0 amide bonds. The van der Waals surface area contributed by atoms with Gasteiger partial charge in [0.25, 0.3) is 0 Å². The minimum atomic E-state index is -4.33. The van der Waals surface area contributed by atoms with Gasteiger partial charge in [0.05, 0.1) is 16.8 Å². The molecule has 2 heterocycles. The zero-order chi connectivity index (χ0) is 15.9. The molecule has 1 fully saturated rings. The van der Waals surface area contributed by atoms with Crippen LogP contribution in [0.1, 0.15) is 30.0 Å². The molecule has 2 N–H and O–H groups in total. The molecule has 2 aromatic rings. The van der Waals surface area contributed by atoms with Crippen molar-refractivity contribution in [2.45, 2.75) is 24.9 Å². The summed E-state index contributed by atoms with van der Waals surface area (Å²) in [5.41, 5.74) is 6.45. The van der Waals surface area contributed by atoms with Gasteiger partial charge in [0.1, 0.15) is 0 Å². The summed E-state index contributed by atoms with van der Waals surface area (Å²) in [6.07, 6.45) is -2.46. The molecular weight excluding hydrogens is 293 g/mol. The Hall–Kier alpha value is -1.60. The Balaban J connectivity index is 1.95. The fraction of sp³-hybridized carbons (Fsp3) is 0.533. The number of nitrogens with two attached hydrogens (primary N) is 1. The van der Waals surface area contributed by atoms with Crippen molar-refractivity contribution in [3.63, 3.8) is 0 Å². The van der Waals surface area contributed by atoms with Crippen molar-refractivity contribution in [1.82, 2.24) is 14.7 Å². The molecule has 120 valence electrons. The average molecular weight is 312 g/mol. The molecule has 0 atom stereocenters. The van der Waals surface area contributed by atoms with Gasteiger partial charge in [-0.05, 0) is 38.1 Å². The van der Waals surface area contributed by atoms with Crippen LogP contribution < -0.4 is 5.73 Å². The molecule has 0 unspecified atom stereocenters. The van der Waals surface area contributed by atoms with Crippen LogP contribution in [-0.2, 0) is 13.2 Å². The third-order valence-corrected chi connectivity index (χ3v) is 4.44. The highest BCUT2D eigenvalue weighted by atomic mass is 19.4. The third kappa shape index (κ3) is 2.70. The minimum absolute atomic E-state index is 0.281. The zero-order valence-electron chi connectivity index (χ0n) is 12.4. The number of hydrogen-bond donors (Lipinski definition) is 1. The second kappa shape index (κ2) is 5.55. The average Bonchev–Trinajstić information content (AvgIpc) is 2.83. The van der Waals surface area contributed by atoms with Crippen LogP contribution in [0.15, 0.2) is 18.2 Å². The van der Waals surface area contributed by atoms with Crippen LogP contribution in [0.25, 0.3) is 10.9 Å². The number of halogens is 3. The number of rotatable bonds is 2. The molecule has 1 aliphatic rings. The summed E-state index contributed by atoms with van der Waals surface area (Å²) in [5, 5.41) is 5.31. The molecule has 0 bridgehead atoms. The molecule has 1 aromatic carbocycles. The van der Waals surface area contributed by atoms with Crippen LogP contribution in [0.4, 0.5) is 13.2 Å². The molecule has 7 heteroatoms. The maximum atomic E-state index is 12.8. The van der Waals surface area contributed by atoms with Crippen LogP contribution in [-0.4, -0.2) is 34.4 Å². The van der Waals surface area contributed by atoms with E-state index in [-0.39, 0.29) is 5.92 Å². The lowest BCUT2D eigenvalue weighted by Gasteiger charge is -2.30. The zero-order valence-corrected chi connectivity index (χ0v) is 12.4. The van der Waals surface area contributed by atoms with Crippen molar-refractivity contribution >= 4 is 10.9 Å². The predicted octanol–water partition coefficient (Wildman–Crippen LogP) is 2.69. The number of likely N-dealkylation sites (tertiary alicyclic amines) is 1. The number of benzene rings is 1. The Morgan fingerprint density at radius 2 is 1.95 bits per heavy atom. The SMILES string of the molecule is Cn1nc(C2CCN(CN)CC2)c2ccc(C(F)(F)F)cc21. The Bertz CT molecular complexity index is 669. The van der Waals surface area contributed by atoms with Crippen molar-refractivity contribution in [1.29, 1.82) is 0 Å². The lowest BCUT2D eigenvalue weighted by Crippen LogP contribution is -2.37. The first-order chi connectivity index (χ1) is 10.4. The lowest BCUT2D eigenvalue weighted by molar-refractivity contribution is -0.137. The Morgan fingerprint density at radius 3 is 2.55 bits per heavy atom. The van der Waals surface area contributed by atoms with E-state index in [1.807, 2.05) is 0 Å². The summed E-state index contributed by atoms with van der Waals surface area (Å²) < 4.78 is 40.1. The van der Waals surface area contributed by atoms with Crippen molar-refractivity contribution in [2.24, 2.45) is 12.8 Å². The van der Waals surface area contributed by atoms with E-state index in [0.717, 1.165) is 43.1 Å².